The average Bonchev–Trinajstić information content (AvgIpc) is 0.895. The normalized spacial score (nSPS) is 12.6. The molecule has 4 aromatic rings. The summed E-state index contributed by atoms with van der Waals surface area (Å²) in [6.07, 6.45) is 23.5. The molecule has 0 bridgehead atoms. The number of carbonyl (C=O) groups excluding carboxylic acids is 3. The Hall–Kier alpha value is -10.3. The van der Waals surface area contributed by atoms with Gasteiger partial charge in [0.25, 0.3) is 5.91 Å². The van der Waals surface area contributed by atoms with Crippen molar-refractivity contribution in [3.63, 3.8) is 0 Å². The van der Waals surface area contributed by atoms with Gasteiger partial charge < -0.3 is 47.2 Å². The first-order chi connectivity index (χ1) is 59.4. The molecule has 25 heteroatoms. The zero-order valence-electron chi connectivity index (χ0n) is 88.6. The molecule has 12 N–H and O–H groups in total. The number of pyridine rings is 1. The molecule has 4 aromatic heterocycles. The Morgan fingerprint density at radius 1 is 0.443 bits per heavy atom. The van der Waals surface area contributed by atoms with Crippen LogP contribution in [0, 0.1) is 40.4 Å². The first kappa shape index (κ1) is 158. The maximum atomic E-state index is 11.0. The summed E-state index contributed by atoms with van der Waals surface area (Å²) in [4.78, 5) is 86.7. The molecule has 6 aliphatic heterocycles. The lowest BCUT2D eigenvalue weighted by Crippen LogP contribution is -2.36. The van der Waals surface area contributed by atoms with Crippen molar-refractivity contribution >= 4 is 41.3 Å². The quantitative estimate of drug-likeness (QED) is 0.0693. The number of aromatic nitrogens is 9. The van der Waals surface area contributed by atoms with Gasteiger partial charge in [-0.1, -0.05) is 395 Å². The average molecular weight is 1840 g/mol. The smallest absolute Gasteiger partial charge is 0.340 e. The Morgan fingerprint density at radius 3 is 1.17 bits per heavy atom. The Kier molecular flexibility index (Phi) is 121. The summed E-state index contributed by atoms with van der Waals surface area (Å²) in [6.45, 7) is 115. The van der Waals surface area contributed by atoms with E-state index in [9.17, 15) is 24.0 Å². The van der Waals surface area contributed by atoms with Crippen molar-refractivity contribution in [3.05, 3.63) is 214 Å². The van der Waals surface area contributed by atoms with E-state index < -0.39 is 0 Å². The van der Waals surface area contributed by atoms with Gasteiger partial charge in [-0.05, 0) is 53.4 Å². The lowest BCUT2D eigenvalue weighted by molar-refractivity contribution is -0.118. The van der Waals surface area contributed by atoms with Crippen molar-refractivity contribution in [1.82, 2.24) is 82.5 Å². The first-order valence-corrected chi connectivity index (χ1v) is 46.4. The molecular formula is C106H210N20O5. The van der Waals surface area contributed by atoms with Gasteiger partial charge in [-0.15, -0.1) is 0 Å². The molecule has 7 aliphatic rings. The van der Waals surface area contributed by atoms with Crippen LogP contribution in [0.15, 0.2) is 200 Å². The summed E-state index contributed by atoms with van der Waals surface area (Å²) in [5.74, 6) is 10.2. The van der Waals surface area contributed by atoms with Gasteiger partial charge in [-0.25, -0.2) is 24.9 Å². The number of ketones is 1. The first-order valence-electron chi connectivity index (χ1n) is 46.4. The van der Waals surface area contributed by atoms with Crippen molar-refractivity contribution in [3.8, 4) is 0 Å². The lowest BCUT2D eigenvalue weighted by Gasteiger charge is -2.27. The number of nitrogens with zero attached hydrogens (tertiary/aromatic N) is 8. The molecule has 131 heavy (non-hydrogen) atoms. The Labute approximate surface area is 807 Å². The van der Waals surface area contributed by atoms with Crippen molar-refractivity contribution in [2.45, 2.75) is 379 Å². The number of nitrogens with one attached hydrogen (secondary N) is 12. The van der Waals surface area contributed by atoms with Crippen LogP contribution in [-0.2, 0) is 14.4 Å². The summed E-state index contributed by atoms with van der Waals surface area (Å²) in [5, 5.41) is 33.3. The number of aliphatic imine (C=N–C) groups is 4. The second kappa shape index (κ2) is 100. The van der Waals surface area contributed by atoms with Gasteiger partial charge in [0.05, 0.1) is 12.4 Å². The minimum Gasteiger partial charge on any atom is -0.372 e. The summed E-state index contributed by atoms with van der Waals surface area (Å²) < 4.78 is 0. The third-order valence-corrected chi connectivity index (χ3v) is 14.5. The van der Waals surface area contributed by atoms with Crippen LogP contribution in [0.25, 0.3) is 0 Å². The number of carbonyl (C=O) groups is 3. The van der Waals surface area contributed by atoms with E-state index in [1.807, 2.05) is 265 Å². The van der Waals surface area contributed by atoms with Crippen molar-refractivity contribution in [1.29, 1.82) is 0 Å². The highest BCUT2D eigenvalue weighted by molar-refractivity contribution is 6.17. The predicted molar refractivity (Wildman–Crippen MR) is 588 cm³/mol. The zero-order valence-corrected chi connectivity index (χ0v) is 88.6. The number of amidine groups is 3. The molecule has 0 unspecified atom stereocenters. The van der Waals surface area contributed by atoms with Gasteiger partial charge in [-0.2, -0.15) is 10.2 Å². The van der Waals surface area contributed by atoms with Crippen LogP contribution >= 0.6 is 0 Å². The Balaban J connectivity index is -0.0000000774. The van der Waals surface area contributed by atoms with Crippen LogP contribution in [0.5, 0.6) is 0 Å². The monoisotopic (exact) mass is 1840 g/mol. The summed E-state index contributed by atoms with van der Waals surface area (Å²) in [5.41, 5.74) is 8.49. The third-order valence-electron chi connectivity index (χ3n) is 14.5. The number of amides is 2. The van der Waals surface area contributed by atoms with E-state index in [-0.39, 0.29) is 82.6 Å². The van der Waals surface area contributed by atoms with Gasteiger partial charge in [0.1, 0.15) is 47.8 Å². The largest absolute Gasteiger partial charge is 0.372 e. The third kappa shape index (κ3) is 83.7. The molecule has 0 saturated heterocycles. The van der Waals surface area contributed by atoms with Gasteiger partial charge in [0.15, 0.2) is 11.2 Å². The van der Waals surface area contributed by atoms with E-state index in [4.69, 9.17) is 0 Å². The topological polar surface area (TPSA) is 350 Å². The highest BCUT2D eigenvalue weighted by Crippen LogP contribution is 2.35. The van der Waals surface area contributed by atoms with Crippen molar-refractivity contribution in [2.75, 3.05) is 19.6 Å². The Morgan fingerprint density at radius 2 is 0.924 bits per heavy atom. The second-order valence-corrected chi connectivity index (χ2v) is 29.4. The van der Waals surface area contributed by atoms with Crippen LogP contribution in [0.2, 0.25) is 0 Å². The SMILES string of the molecule is C.C.C.C.C.C=C1C=C(C(C)(C)C)C1=O.C=C1C=CC=C(C(C)C)N1.C=C1C=CN=C(C(C)(C)C)N1.C=C1C=NC=C(C(C)C)N1.C=C1NC(=O)C=C(C(C)C)N1.CC.CC.CC.CC.CC.CC.CC.CC.CC.CC.CC.CC(C)C1=NCC(=O)N1.CC(C)C1=NCCN1.CC(C)c1cc(=O)cc[nH]1.CC(C)c1n[nH]c(=O)[nH]1.CC(C)c1ncc[nH]1.CC(C)c1ncn[nH]1. The molecule has 0 saturated carbocycles. The zero-order chi connectivity index (χ0) is 101. The number of hydrogen-bond donors (Lipinski definition) is 12. The fourth-order valence-corrected chi connectivity index (χ4v) is 8.22. The molecule has 0 radical (unpaired) electrons. The maximum absolute atomic E-state index is 11.0. The predicted octanol–water partition coefficient (Wildman–Crippen LogP) is 28.2. The van der Waals surface area contributed by atoms with Gasteiger partial charge in [-0.3, -0.25) is 44.2 Å². The van der Waals surface area contributed by atoms with Crippen LogP contribution in [-0.4, -0.2) is 106 Å². The van der Waals surface area contributed by atoms with Crippen LogP contribution in [0.1, 0.15) is 402 Å². The number of hydrogen-bond acceptors (Lipinski definition) is 18. The van der Waals surface area contributed by atoms with Crippen LogP contribution in [0.3, 0.4) is 0 Å². The summed E-state index contributed by atoms with van der Waals surface area (Å²) >= 11 is 0. The second-order valence-electron chi connectivity index (χ2n) is 29.4. The number of H-pyrrole nitrogens is 5. The fourth-order valence-electron chi connectivity index (χ4n) is 8.22. The highest BCUT2D eigenvalue weighted by Gasteiger charge is 2.31. The molecule has 0 aromatic carbocycles. The minimum absolute atomic E-state index is 0. The van der Waals surface area contributed by atoms with E-state index in [0.29, 0.717) is 71.1 Å². The maximum Gasteiger partial charge on any atom is 0.340 e. The van der Waals surface area contributed by atoms with E-state index in [0.717, 1.165) is 76.2 Å². The summed E-state index contributed by atoms with van der Waals surface area (Å²) in [6, 6.07) is 3.15. The van der Waals surface area contributed by atoms with Crippen LogP contribution < -0.4 is 48.3 Å². The molecule has 764 valence electrons. The number of allylic oxidation sites excluding steroid dienone is 11. The number of imidazole rings is 1. The number of Topliss-reactive ketones (excluding diaryl/α,β-unsaturated/α-hetero) is 1. The standard InChI is InChI=1S/C9H14N2.C9H13N.C9H12O.C8H12N2O.C8H12N2.C8H11NO.C6H10N2O.C6H12N2.C6H10N2.C5H9N3O.C5H9N3.11C2H6.5CH4/c1-7-5-6-10-8(11-7)9(2,3)4;1-7(2)9-6-4-5-8(3)10-9;1-6-5-7(8(6)10)9(2,3)4;1-5(2)7-4-8(11)10-6(3)9-7;1-6(2)8-5-9-4-7(3)10-8;1-6(2)8-5-7(10)3-4-9-8;1-4(2)6-7-3-5(9)8-6;2*1-5(2)6-7-3-4-8-6;1-3(2)4-6-5(9)8-7-4;1-4(2)5-6-3-7-8-5;11*1-2;;;;;/h5-6H,1H2,2-4H3,(H,10,11);4-7,10H,3H2,1-2H3;5H,1H2,2-4H3;4-5,9H,3H2,1-2H3,(H,10,11);4-6,10H,3H2,1-2H3;3-6H,1-2H3,(H,9,10);4H,3H2,1-2H3,(H,7,8,9);5H,3-4H2,1-2H3,(H,7,8);3-5H,1-2H3,(H,7,8);3H,1-2H3,(H2,6,7,8,9);3-4H,1-2H3,(H,6,7,8);11*1-2H3;5*1H4. The minimum atomic E-state index is -0.237. The van der Waals surface area contributed by atoms with E-state index in [2.05, 4.69) is 231 Å². The molecule has 0 spiro atoms. The van der Waals surface area contributed by atoms with E-state index in [1.54, 1.807) is 37.0 Å². The Bertz CT molecular complexity index is 3770. The van der Waals surface area contributed by atoms with Gasteiger partial charge in [0, 0.05) is 148 Å². The van der Waals surface area contributed by atoms with Crippen LogP contribution in [0.4, 0.5) is 0 Å². The lowest BCUT2D eigenvalue weighted by atomic mass is 9.75. The number of rotatable bonds is 9. The van der Waals surface area contributed by atoms with Crippen molar-refractivity contribution < 1.29 is 14.4 Å². The molecule has 0 fully saturated rings. The van der Waals surface area contributed by atoms with Gasteiger partial charge in [0.2, 0.25) is 5.91 Å². The molecular weight excluding hydrogens is 1630 g/mol. The number of dihydropyridines is 1. The molecule has 11 rings (SSSR count). The molecule has 25 nitrogen and oxygen atoms in total. The molecule has 0 atom stereocenters. The van der Waals surface area contributed by atoms with Gasteiger partial charge >= 0.3 is 5.69 Å². The molecule has 2 amide bonds. The van der Waals surface area contributed by atoms with Crippen molar-refractivity contribution in [2.24, 2.45) is 60.4 Å². The van der Waals surface area contributed by atoms with E-state index in [1.165, 1.54) is 23.9 Å². The molecule has 10 heterocycles. The summed E-state index contributed by atoms with van der Waals surface area (Å²) in [7, 11) is 0. The fraction of sp³-hybridized carbons (Fsp3) is 0.613. The molecule has 1 aliphatic carbocycles. The van der Waals surface area contributed by atoms with E-state index >= 15 is 0 Å². The number of aromatic amines is 5. The highest BCUT2D eigenvalue weighted by atomic mass is 16.2.